The fourth-order valence-corrected chi connectivity index (χ4v) is 3.42. The predicted molar refractivity (Wildman–Crippen MR) is 118 cm³/mol. The van der Waals surface area contributed by atoms with E-state index in [0.29, 0.717) is 18.5 Å². The molecule has 7 heteroatoms. The van der Waals surface area contributed by atoms with E-state index in [-0.39, 0.29) is 24.0 Å². The molecule has 1 aliphatic rings. The number of nitrogens with one attached hydrogen (secondary N) is 1. The first-order chi connectivity index (χ1) is 12.2. The van der Waals surface area contributed by atoms with E-state index in [1.807, 2.05) is 24.1 Å². The molecule has 1 aliphatic heterocycles. The third-order valence-corrected chi connectivity index (χ3v) is 4.82. The van der Waals surface area contributed by atoms with Crippen LogP contribution in [-0.4, -0.2) is 46.3 Å². The number of guanidine groups is 1. The van der Waals surface area contributed by atoms with Gasteiger partial charge in [-0.3, -0.25) is 9.58 Å². The van der Waals surface area contributed by atoms with Gasteiger partial charge in [-0.1, -0.05) is 25.1 Å². The van der Waals surface area contributed by atoms with Crippen molar-refractivity contribution in [2.75, 3.05) is 19.6 Å². The summed E-state index contributed by atoms with van der Waals surface area (Å²) in [6.45, 7) is 5.96. The maximum atomic E-state index is 6.05. The summed E-state index contributed by atoms with van der Waals surface area (Å²) >= 11 is 0. The standard InChI is InChI=1S/C19H28N6.HI/c1-3-25-9-5-8-18(25)13-22-19(20)21-11-15-6-4-7-16(10-15)17-12-23-24(2)14-17;/h4,6-7,10,12,14,18H,3,5,8-9,11,13H2,1-2H3,(H3,20,21,22);1H. The zero-order valence-electron chi connectivity index (χ0n) is 15.6. The molecule has 26 heavy (non-hydrogen) atoms. The maximum absolute atomic E-state index is 6.05. The molecule has 1 saturated heterocycles. The predicted octanol–water partition coefficient (Wildman–Crippen LogP) is 2.59. The van der Waals surface area contributed by atoms with Crippen molar-refractivity contribution in [3.05, 3.63) is 42.2 Å². The van der Waals surface area contributed by atoms with E-state index in [0.717, 1.165) is 29.8 Å². The van der Waals surface area contributed by atoms with Gasteiger partial charge >= 0.3 is 0 Å². The van der Waals surface area contributed by atoms with Crippen LogP contribution in [0.5, 0.6) is 0 Å². The van der Waals surface area contributed by atoms with Gasteiger partial charge in [-0.25, -0.2) is 4.99 Å². The molecule has 0 radical (unpaired) electrons. The van der Waals surface area contributed by atoms with Crippen LogP contribution in [0.2, 0.25) is 0 Å². The van der Waals surface area contributed by atoms with Crippen LogP contribution < -0.4 is 11.1 Å². The van der Waals surface area contributed by atoms with E-state index >= 15 is 0 Å². The summed E-state index contributed by atoms with van der Waals surface area (Å²) in [4.78, 5) is 6.99. The number of nitrogens with zero attached hydrogens (tertiary/aromatic N) is 4. The van der Waals surface area contributed by atoms with Gasteiger partial charge in [0.05, 0.1) is 12.7 Å². The lowest BCUT2D eigenvalue weighted by atomic mass is 10.1. The molecule has 3 rings (SSSR count). The first-order valence-electron chi connectivity index (χ1n) is 9.01. The Balaban J connectivity index is 0.00000243. The average Bonchev–Trinajstić information content (AvgIpc) is 3.27. The van der Waals surface area contributed by atoms with Crippen molar-refractivity contribution in [2.45, 2.75) is 32.4 Å². The number of aryl methyl sites for hydroxylation is 1. The summed E-state index contributed by atoms with van der Waals surface area (Å²) in [5, 5.41) is 7.51. The van der Waals surface area contributed by atoms with Crippen molar-refractivity contribution in [3.63, 3.8) is 0 Å². The molecule has 142 valence electrons. The lowest BCUT2D eigenvalue weighted by Crippen LogP contribution is -2.42. The molecule has 0 saturated carbocycles. The molecule has 1 unspecified atom stereocenters. The number of aliphatic imine (C=N–C) groups is 1. The van der Waals surface area contributed by atoms with E-state index in [2.05, 4.69) is 51.5 Å². The Kier molecular flexibility index (Phi) is 7.89. The van der Waals surface area contributed by atoms with Gasteiger partial charge in [-0.05, 0) is 43.1 Å². The summed E-state index contributed by atoms with van der Waals surface area (Å²) in [6.07, 6.45) is 6.40. The molecule has 1 aromatic heterocycles. The summed E-state index contributed by atoms with van der Waals surface area (Å²) in [5.41, 5.74) is 9.45. The molecule has 2 heterocycles. The Bertz CT molecular complexity index is 726. The Morgan fingerprint density at radius 1 is 1.38 bits per heavy atom. The third kappa shape index (κ3) is 5.44. The van der Waals surface area contributed by atoms with Gasteiger partial charge in [0.1, 0.15) is 0 Å². The summed E-state index contributed by atoms with van der Waals surface area (Å²) in [5.74, 6) is 0.523. The highest BCUT2D eigenvalue weighted by atomic mass is 127. The fourth-order valence-electron chi connectivity index (χ4n) is 3.42. The monoisotopic (exact) mass is 468 g/mol. The molecular formula is C19H29IN6. The van der Waals surface area contributed by atoms with Gasteiger partial charge in [0.15, 0.2) is 5.96 Å². The zero-order valence-corrected chi connectivity index (χ0v) is 17.9. The van der Waals surface area contributed by atoms with E-state index in [4.69, 9.17) is 5.73 Å². The normalized spacial score (nSPS) is 17.9. The number of hydrogen-bond donors (Lipinski definition) is 2. The van der Waals surface area contributed by atoms with Gasteiger partial charge in [-0.15, -0.1) is 24.0 Å². The Labute approximate surface area is 172 Å². The Hall–Kier alpha value is -1.61. The van der Waals surface area contributed by atoms with E-state index in [1.54, 1.807) is 0 Å². The molecule has 0 bridgehead atoms. The second kappa shape index (κ2) is 9.91. The Morgan fingerprint density at radius 2 is 2.23 bits per heavy atom. The summed E-state index contributed by atoms with van der Waals surface area (Å²) in [7, 11) is 1.92. The van der Waals surface area contributed by atoms with Gasteiger partial charge in [0.2, 0.25) is 0 Å². The molecule has 1 atom stereocenters. The first kappa shape index (κ1) is 20.7. The van der Waals surface area contributed by atoms with Gasteiger partial charge < -0.3 is 11.1 Å². The van der Waals surface area contributed by atoms with Crippen molar-refractivity contribution < 1.29 is 0 Å². The SMILES string of the molecule is CCN1CCCC1CNC(N)=NCc1cccc(-c2cnn(C)c2)c1.I. The molecule has 6 nitrogen and oxygen atoms in total. The van der Waals surface area contributed by atoms with Crippen LogP contribution in [0.1, 0.15) is 25.3 Å². The first-order valence-corrected chi connectivity index (χ1v) is 9.01. The molecule has 3 N–H and O–H groups in total. The molecular weight excluding hydrogens is 439 g/mol. The fraction of sp³-hybridized carbons (Fsp3) is 0.474. The minimum atomic E-state index is 0. The lowest BCUT2D eigenvalue weighted by molar-refractivity contribution is 0.267. The van der Waals surface area contributed by atoms with Gasteiger partial charge in [0.25, 0.3) is 0 Å². The number of likely N-dealkylation sites (tertiary alicyclic amines) is 1. The smallest absolute Gasteiger partial charge is 0.188 e. The van der Waals surface area contributed by atoms with Crippen molar-refractivity contribution >= 4 is 29.9 Å². The quantitative estimate of drug-likeness (QED) is 0.389. The minimum absolute atomic E-state index is 0. The second-order valence-corrected chi connectivity index (χ2v) is 6.61. The summed E-state index contributed by atoms with van der Waals surface area (Å²) in [6, 6.07) is 8.93. The Morgan fingerprint density at radius 3 is 2.96 bits per heavy atom. The van der Waals surface area contributed by atoms with Crippen molar-refractivity contribution in [2.24, 2.45) is 17.8 Å². The zero-order chi connectivity index (χ0) is 17.6. The number of hydrogen-bond acceptors (Lipinski definition) is 3. The molecule has 1 fully saturated rings. The number of likely N-dealkylation sites (N-methyl/N-ethyl adjacent to an activating group) is 1. The van der Waals surface area contributed by atoms with Crippen LogP contribution in [0.15, 0.2) is 41.7 Å². The molecule has 0 aliphatic carbocycles. The van der Waals surface area contributed by atoms with Crippen LogP contribution in [0.3, 0.4) is 0 Å². The van der Waals surface area contributed by atoms with Crippen molar-refractivity contribution in [1.29, 1.82) is 0 Å². The highest BCUT2D eigenvalue weighted by molar-refractivity contribution is 14.0. The summed E-state index contributed by atoms with van der Waals surface area (Å²) < 4.78 is 1.81. The molecule has 1 aromatic carbocycles. The third-order valence-electron chi connectivity index (χ3n) is 4.82. The number of benzene rings is 1. The second-order valence-electron chi connectivity index (χ2n) is 6.61. The van der Waals surface area contributed by atoms with Crippen molar-refractivity contribution in [3.8, 4) is 11.1 Å². The number of rotatable bonds is 6. The number of halogens is 1. The average molecular weight is 468 g/mol. The van der Waals surface area contributed by atoms with Crippen LogP contribution in [-0.2, 0) is 13.6 Å². The lowest BCUT2D eigenvalue weighted by Gasteiger charge is -2.23. The van der Waals surface area contributed by atoms with Crippen LogP contribution in [0.4, 0.5) is 0 Å². The maximum Gasteiger partial charge on any atom is 0.188 e. The van der Waals surface area contributed by atoms with Gasteiger partial charge in [0, 0.05) is 31.4 Å². The van der Waals surface area contributed by atoms with Gasteiger partial charge in [-0.2, -0.15) is 5.10 Å². The van der Waals surface area contributed by atoms with Crippen LogP contribution in [0, 0.1) is 0 Å². The largest absolute Gasteiger partial charge is 0.370 e. The molecule has 0 spiro atoms. The molecule has 2 aromatic rings. The highest BCUT2D eigenvalue weighted by Gasteiger charge is 2.22. The molecule has 0 amide bonds. The van der Waals surface area contributed by atoms with E-state index in [9.17, 15) is 0 Å². The minimum Gasteiger partial charge on any atom is -0.370 e. The van der Waals surface area contributed by atoms with E-state index in [1.165, 1.54) is 19.4 Å². The highest BCUT2D eigenvalue weighted by Crippen LogP contribution is 2.20. The topological polar surface area (TPSA) is 71.5 Å². The number of nitrogens with two attached hydrogens (primary N) is 1. The van der Waals surface area contributed by atoms with E-state index < -0.39 is 0 Å². The van der Waals surface area contributed by atoms with Crippen molar-refractivity contribution in [1.82, 2.24) is 20.0 Å². The van der Waals surface area contributed by atoms with Crippen LogP contribution in [0.25, 0.3) is 11.1 Å². The number of aromatic nitrogens is 2. The van der Waals surface area contributed by atoms with Crippen LogP contribution >= 0.6 is 24.0 Å².